The number of piperazine rings is 1. The van der Waals surface area contributed by atoms with Crippen molar-refractivity contribution < 1.29 is 22.0 Å². The maximum Gasteiger partial charge on any atom is 0.232 e. The highest BCUT2D eigenvalue weighted by molar-refractivity contribution is 7.92. The second-order valence-corrected chi connectivity index (χ2v) is 10.9. The van der Waals surface area contributed by atoms with E-state index in [1.54, 1.807) is 19.2 Å². The van der Waals surface area contributed by atoms with E-state index in [4.69, 9.17) is 0 Å². The first-order valence-corrected chi connectivity index (χ1v) is 13.9. The number of carbonyl (C=O) groups is 1. The van der Waals surface area contributed by atoms with Gasteiger partial charge in [0.15, 0.2) is 5.82 Å². The fraction of sp³-hybridized carbons (Fsp3) is 0.440. The number of halogens is 2. The zero-order valence-electron chi connectivity index (χ0n) is 20.5. The molecule has 0 saturated carbocycles. The van der Waals surface area contributed by atoms with Gasteiger partial charge in [0.1, 0.15) is 11.5 Å². The third-order valence-corrected chi connectivity index (χ3v) is 7.86. The van der Waals surface area contributed by atoms with Crippen LogP contribution in [-0.4, -0.2) is 67.5 Å². The van der Waals surface area contributed by atoms with E-state index in [9.17, 15) is 17.6 Å². The van der Waals surface area contributed by atoms with Crippen molar-refractivity contribution in [3.63, 3.8) is 0 Å². The number of sulfonamides is 1. The zero-order chi connectivity index (χ0) is 25.9. The predicted octanol–water partition coefficient (Wildman–Crippen LogP) is 4.15. The highest BCUT2D eigenvalue weighted by Gasteiger charge is 2.26. The molecule has 1 aliphatic rings. The minimum absolute atomic E-state index is 0.0623. The lowest BCUT2D eigenvalue weighted by Gasteiger charge is -2.36. The van der Waals surface area contributed by atoms with Crippen molar-refractivity contribution >= 4 is 38.2 Å². The van der Waals surface area contributed by atoms with Gasteiger partial charge in [-0.25, -0.2) is 22.2 Å². The standard InChI is InChI=1S/C25H31F2N5O3S/c1-3-5-8-31-9-11-32(12-10-31)17-14-18-19(16-29-25(18)28-15-17)24(33)22-20(26)6-7-21(23(22)27)30-36(34,35)13-4-2/h6-7,14-16,30H,3-5,8-13H2,1-2H3,(H,28,29). The lowest BCUT2D eigenvalue weighted by atomic mass is 10.0. The summed E-state index contributed by atoms with van der Waals surface area (Å²) in [6.45, 7) is 8.39. The van der Waals surface area contributed by atoms with E-state index in [0.29, 0.717) is 17.5 Å². The summed E-state index contributed by atoms with van der Waals surface area (Å²) in [5, 5.41) is 0.446. The van der Waals surface area contributed by atoms with E-state index in [2.05, 4.69) is 31.4 Å². The molecular formula is C25H31F2N5O3S. The summed E-state index contributed by atoms with van der Waals surface area (Å²) in [6, 6.07) is 3.66. The number of hydrogen-bond donors (Lipinski definition) is 2. The summed E-state index contributed by atoms with van der Waals surface area (Å²) in [5.74, 6) is -3.44. The van der Waals surface area contributed by atoms with Crippen LogP contribution in [0.2, 0.25) is 0 Å². The van der Waals surface area contributed by atoms with Gasteiger partial charge in [-0.2, -0.15) is 0 Å². The van der Waals surface area contributed by atoms with Crippen molar-refractivity contribution in [3.05, 3.63) is 53.4 Å². The third kappa shape index (κ3) is 5.52. The lowest BCUT2D eigenvalue weighted by Crippen LogP contribution is -2.46. The van der Waals surface area contributed by atoms with Crippen molar-refractivity contribution in [1.29, 1.82) is 0 Å². The number of carbonyl (C=O) groups excluding carboxylic acids is 1. The summed E-state index contributed by atoms with van der Waals surface area (Å²) >= 11 is 0. The van der Waals surface area contributed by atoms with Gasteiger partial charge in [0.05, 0.1) is 28.9 Å². The highest BCUT2D eigenvalue weighted by Crippen LogP contribution is 2.29. The number of anilines is 2. The second-order valence-electron chi connectivity index (χ2n) is 9.01. The average molecular weight is 520 g/mol. The quantitative estimate of drug-likeness (QED) is 0.391. The van der Waals surface area contributed by atoms with Gasteiger partial charge < -0.3 is 9.88 Å². The average Bonchev–Trinajstić information content (AvgIpc) is 3.28. The van der Waals surface area contributed by atoms with Crippen LogP contribution in [0, 0.1) is 11.6 Å². The minimum atomic E-state index is -3.83. The van der Waals surface area contributed by atoms with Crippen molar-refractivity contribution in [2.45, 2.75) is 33.1 Å². The van der Waals surface area contributed by atoms with Crippen molar-refractivity contribution in [1.82, 2.24) is 14.9 Å². The number of ketones is 1. The van der Waals surface area contributed by atoms with Crippen molar-refractivity contribution in [2.75, 3.05) is 48.1 Å². The fourth-order valence-electron chi connectivity index (χ4n) is 4.43. The molecule has 0 bridgehead atoms. The Bertz CT molecular complexity index is 1350. The van der Waals surface area contributed by atoms with E-state index >= 15 is 4.39 Å². The van der Waals surface area contributed by atoms with E-state index in [1.165, 1.54) is 6.20 Å². The Hall–Kier alpha value is -3.05. The second kappa shape index (κ2) is 10.9. The molecule has 3 heterocycles. The molecule has 0 spiro atoms. The summed E-state index contributed by atoms with van der Waals surface area (Å²) in [7, 11) is -3.83. The van der Waals surface area contributed by atoms with Crippen LogP contribution in [-0.2, 0) is 10.0 Å². The number of nitrogens with one attached hydrogen (secondary N) is 2. The largest absolute Gasteiger partial charge is 0.368 e. The Labute approximate surface area is 209 Å². The monoisotopic (exact) mass is 519 g/mol. The van der Waals surface area contributed by atoms with Gasteiger partial charge in [-0.15, -0.1) is 0 Å². The number of hydrogen-bond acceptors (Lipinski definition) is 6. The van der Waals surface area contributed by atoms with Crippen LogP contribution in [0.3, 0.4) is 0 Å². The van der Waals surface area contributed by atoms with Crippen LogP contribution in [0.4, 0.5) is 20.2 Å². The number of pyridine rings is 1. The van der Waals surface area contributed by atoms with Gasteiger partial charge in [-0.05, 0) is 37.6 Å². The fourth-order valence-corrected chi connectivity index (χ4v) is 5.56. The summed E-state index contributed by atoms with van der Waals surface area (Å²) in [4.78, 5) is 25.2. The number of fused-ring (bicyclic) bond motifs is 1. The zero-order valence-corrected chi connectivity index (χ0v) is 21.3. The first-order chi connectivity index (χ1) is 17.2. The molecule has 0 radical (unpaired) electrons. The molecule has 1 fully saturated rings. The molecule has 0 aliphatic carbocycles. The smallest absolute Gasteiger partial charge is 0.232 e. The Balaban J connectivity index is 1.62. The molecule has 1 aliphatic heterocycles. The molecule has 194 valence electrons. The third-order valence-electron chi connectivity index (χ3n) is 6.38. The number of benzene rings is 1. The molecule has 0 atom stereocenters. The van der Waals surface area contributed by atoms with Gasteiger partial charge in [-0.3, -0.25) is 14.4 Å². The van der Waals surface area contributed by atoms with Crippen LogP contribution < -0.4 is 9.62 Å². The van der Waals surface area contributed by atoms with Gasteiger partial charge >= 0.3 is 0 Å². The minimum Gasteiger partial charge on any atom is -0.368 e. The topological polar surface area (TPSA) is 98.4 Å². The number of H-pyrrole nitrogens is 1. The number of unbranched alkanes of at least 4 members (excludes halogenated alkanes) is 1. The normalized spacial score (nSPS) is 14.9. The van der Waals surface area contributed by atoms with Crippen LogP contribution in [0.1, 0.15) is 49.0 Å². The highest BCUT2D eigenvalue weighted by atomic mass is 32.2. The molecule has 36 heavy (non-hydrogen) atoms. The molecule has 3 aromatic rings. The Kier molecular flexibility index (Phi) is 7.89. The van der Waals surface area contributed by atoms with Crippen LogP contribution in [0.5, 0.6) is 0 Å². The first-order valence-electron chi connectivity index (χ1n) is 12.2. The SMILES string of the molecule is CCCCN1CCN(c2cnc3[nH]cc(C(=O)c4c(F)ccc(NS(=O)(=O)CCC)c4F)c3c2)CC1. The molecular weight excluding hydrogens is 488 g/mol. The predicted molar refractivity (Wildman–Crippen MR) is 137 cm³/mol. The van der Waals surface area contributed by atoms with E-state index in [1.807, 2.05) is 0 Å². The Morgan fingerprint density at radius 1 is 1.14 bits per heavy atom. The van der Waals surface area contributed by atoms with Gasteiger partial charge in [0, 0.05) is 43.3 Å². The maximum atomic E-state index is 15.2. The molecule has 0 amide bonds. The molecule has 1 saturated heterocycles. The molecule has 2 N–H and O–H groups in total. The van der Waals surface area contributed by atoms with E-state index < -0.39 is 38.7 Å². The number of nitrogens with zero attached hydrogens (tertiary/aromatic N) is 3. The molecule has 8 nitrogen and oxygen atoms in total. The maximum absolute atomic E-state index is 15.2. The van der Waals surface area contributed by atoms with Crippen LogP contribution >= 0.6 is 0 Å². The molecule has 1 aromatic carbocycles. The van der Waals surface area contributed by atoms with Crippen molar-refractivity contribution in [2.24, 2.45) is 0 Å². The number of rotatable bonds is 10. The van der Waals surface area contributed by atoms with Gasteiger partial charge in [-0.1, -0.05) is 20.3 Å². The van der Waals surface area contributed by atoms with E-state index in [0.717, 1.165) is 63.4 Å². The Morgan fingerprint density at radius 3 is 2.58 bits per heavy atom. The summed E-state index contributed by atoms with van der Waals surface area (Å²) < 4.78 is 56.2. The summed E-state index contributed by atoms with van der Waals surface area (Å²) in [6.07, 6.45) is 5.73. The Morgan fingerprint density at radius 2 is 1.89 bits per heavy atom. The first kappa shape index (κ1) is 26.0. The van der Waals surface area contributed by atoms with E-state index in [-0.39, 0.29) is 11.3 Å². The summed E-state index contributed by atoms with van der Waals surface area (Å²) in [5.41, 5.74) is 0.0280. The van der Waals surface area contributed by atoms with Crippen LogP contribution in [0.15, 0.2) is 30.6 Å². The number of aromatic nitrogens is 2. The van der Waals surface area contributed by atoms with Gasteiger partial charge in [0.2, 0.25) is 15.8 Å². The number of aromatic amines is 1. The molecule has 2 aromatic heterocycles. The molecule has 0 unspecified atom stereocenters. The van der Waals surface area contributed by atoms with Gasteiger partial charge in [0.25, 0.3) is 0 Å². The molecule has 4 rings (SSSR count). The lowest BCUT2D eigenvalue weighted by molar-refractivity contribution is 0.103. The van der Waals surface area contributed by atoms with Crippen LogP contribution in [0.25, 0.3) is 11.0 Å². The molecule has 11 heteroatoms. The van der Waals surface area contributed by atoms with Crippen molar-refractivity contribution in [3.8, 4) is 0 Å².